The lowest BCUT2D eigenvalue weighted by Crippen LogP contribution is -2.54. The van der Waals surface area contributed by atoms with Crippen molar-refractivity contribution in [2.24, 2.45) is 17.6 Å². The van der Waals surface area contributed by atoms with Gasteiger partial charge in [-0.05, 0) is 41.0 Å². The fourth-order valence-electron chi connectivity index (χ4n) is 4.33. The molecule has 0 heterocycles. The number of hydrogen-bond donors (Lipinski definition) is 6. The molecule has 0 aliphatic heterocycles. The van der Waals surface area contributed by atoms with Crippen LogP contribution in [0.25, 0.3) is 0 Å². The zero-order chi connectivity index (χ0) is 25.3. The number of aliphatic hydroxyl groups is 1. The Morgan fingerprint density at radius 3 is 2.29 bits per heavy atom. The number of phenols is 1. The molecule has 1 fully saturated rings. The summed E-state index contributed by atoms with van der Waals surface area (Å²) in [7, 11) is -2.43. The quantitative estimate of drug-likeness (QED) is 0.241. The van der Waals surface area contributed by atoms with Crippen molar-refractivity contribution in [3.05, 3.63) is 29.8 Å². The maximum absolute atomic E-state index is 12.9. The van der Waals surface area contributed by atoms with Crippen molar-refractivity contribution in [2.75, 3.05) is 6.54 Å². The zero-order valence-corrected chi connectivity index (χ0v) is 20.9. The molecular weight excluding hydrogens is 457 g/mol. The average molecular weight is 497 g/mol. The SMILES string of the molecule is CC(C)[C@H](N)C(=O)N[C@@H](Cc1ccc(O)cc1)C(=O)NC[C@H](O)CC(C1CCCCC1)[P+](=O)O. The molecule has 10 heteroatoms. The van der Waals surface area contributed by atoms with Crippen molar-refractivity contribution in [2.45, 2.75) is 82.6 Å². The lowest BCUT2D eigenvalue weighted by molar-refractivity contribution is -0.130. The highest BCUT2D eigenvalue weighted by Crippen LogP contribution is 2.40. The molecule has 1 aromatic carbocycles. The number of hydrogen-bond acceptors (Lipinski definition) is 6. The van der Waals surface area contributed by atoms with E-state index < -0.39 is 43.7 Å². The molecule has 9 nitrogen and oxygen atoms in total. The second-order valence-electron chi connectivity index (χ2n) is 9.60. The van der Waals surface area contributed by atoms with Crippen molar-refractivity contribution in [3.8, 4) is 5.75 Å². The summed E-state index contributed by atoms with van der Waals surface area (Å²) >= 11 is 0. The highest BCUT2D eigenvalue weighted by atomic mass is 31.1. The van der Waals surface area contributed by atoms with E-state index in [0.29, 0.717) is 0 Å². The van der Waals surface area contributed by atoms with Crippen LogP contribution in [0, 0.1) is 11.8 Å². The predicted molar refractivity (Wildman–Crippen MR) is 130 cm³/mol. The van der Waals surface area contributed by atoms with E-state index in [-0.39, 0.29) is 37.0 Å². The molecule has 2 unspecified atom stereocenters. The summed E-state index contributed by atoms with van der Waals surface area (Å²) in [6.07, 6.45) is 4.24. The molecule has 0 radical (unpaired) electrons. The summed E-state index contributed by atoms with van der Waals surface area (Å²) in [5, 5.41) is 25.4. The van der Waals surface area contributed by atoms with Crippen LogP contribution < -0.4 is 16.4 Å². The fraction of sp³-hybridized carbons (Fsp3) is 0.667. The Labute approximate surface area is 202 Å². The Kier molecular flexibility index (Phi) is 11.4. The lowest BCUT2D eigenvalue weighted by atomic mass is 9.85. The van der Waals surface area contributed by atoms with Crippen molar-refractivity contribution >= 4 is 19.8 Å². The zero-order valence-electron chi connectivity index (χ0n) is 20.0. The number of benzene rings is 1. The van der Waals surface area contributed by atoms with E-state index in [2.05, 4.69) is 10.6 Å². The van der Waals surface area contributed by atoms with Gasteiger partial charge in [-0.2, -0.15) is 4.89 Å². The molecule has 190 valence electrons. The Hall–Kier alpha value is -2.06. The van der Waals surface area contributed by atoms with Crippen LogP contribution in [0.4, 0.5) is 0 Å². The van der Waals surface area contributed by atoms with E-state index in [1.165, 1.54) is 12.1 Å². The van der Waals surface area contributed by atoms with E-state index in [4.69, 9.17) is 5.73 Å². The minimum atomic E-state index is -2.43. The van der Waals surface area contributed by atoms with Gasteiger partial charge >= 0.3 is 8.03 Å². The van der Waals surface area contributed by atoms with Gasteiger partial charge in [0, 0.05) is 25.3 Å². The predicted octanol–water partition coefficient (Wildman–Crippen LogP) is 1.95. The van der Waals surface area contributed by atoms with Crippen LogP contribution in [0.5, 0.6) is 5.75 Å². The van der Waals surface area contributed by atoms with Gasteiger partial charge in [0.15, 0.2) is 5.66 Å². The average Bonchev–Trinajstić information content (AvgIpc) is 2.81. The molecular formula is C24H39N3O6P+. The van der Waals surface area contributed by atoms with Crippen LogP contribution in [0.3, 0.4) is 0 Å². The van der Waals surface area contributed by atoms with Gasteiger partial charge in [-0.3, -0.25) is 9.59 Å². The second kappa shape index (κ2) is 13.7. The third-order valence-electron chi connectivity index (χ3n) is 6.53. The molecule has 1 aliphatic carbocycles. The third kappa shape index (κ3) is 8.95. The van der Waals surface area contributed by atoms with Gasteiger partial charge in [0.05, 0.1) is 12.1 Å². The first-order valence-corrected chi connectivity index (χ1v) is 13.3. The molecule has 0 saturated heterocycles. The summed E-state index contributed by atoms with van der Waals surface area (Å²) in [6, 6.07) is 4.60. The Balaban J connectivity index is 2.00. The molecule has 5 atom stereocenters. The highest BCUT2D eigenvalue weighted by Gasteiger charge is 2.39. The molecule has 1 aromatic rings. The van der Waals surface area contributed by atoms with Crippen LogP contribution in [-0.4, -0.2) is 57.3 Å². The van der Waals surface area contributed by atoms with Gasteiger partial charge in [-0.1, -0.05) is 45.2 Å². The van der Waals surface area contributed by atoms with Gasteiger partial charge in [-0.15, -0.1) is 0 Å². The summed E-state index contributed by atoms with van der Waals surface area (Å²) in [5.41, 5.74) is 6.16. The fourth-order valence-corrected chi connectivity index (χ4v) is 5.42. The van der Waals surface area contributed by atoms with E-state index in [0.717, 1.165) is 37.7 Å². The number of aliphatic hydroxyl groups excluding tert-OH is 1. The number of carbonyl (C=O) groups excluding carboxylic acids is 2. The van der Waals surface area contributed by atoms with Gasteiger partial charge in [0.1, 0.15) is 11.8 Å². The number of carbonyl (C=O) groups is 2. The van der Waals surface area contributed by atoms with Crippen molar-refractivity contribution in [3.63, 3.8) is 0 Å². The summed E-state index contributed by atoms with van der Waals surface area (Å²) < 4.78 is 11.9. The largest absolute Gasteiger partial charge is 0.509 e. The smallest absolute Gasteiger partial charge is 0.508 e. The second-order valence-corrected chi connectivity index (χ2v) is 10.9. The summed E-state index contributed by atoms with van der Waals surface area (Å²) in [5.74, 6) is -0.861. The molecule has 0 aromatic heterocycles. The van der Waals surface area contributed by atoms with Crippen LogP contribution in [0.15, 0.2) is 24.3 Å². The monoisotopic (exact) mass is 496 g/mol. The Morgan fingerprint density at radius 1 is 1.12 bits per heavy atom. The van der Waals surface area contributed by atoms with Crippen LogP contribution in [0.2, 0.25) is 0 Å². The number of aromatic hydroxyl groups is 1. The molecule has 2 amide bonds. The molecule has 1 aliphatic rings. The first-order valence-electron chi connectivity index (χ1n) is 12.0. The van der Waals surface area contributed by atoms with Gasteiger partial charge < -0.3 is 26.6 Å². The maximum Gasteiger partial charge on any atom is 0.509 e. The number of nitrogens with two attached hydrogens (primary N) is 1. The van der Waals surface area contributed by atoms with E-state index >= 15 is 0 Å². The van der Waals surface area contributed by atoms with E-state index in [9.17, 15) is 29.3 Å². The Morgan fingerprint density at radius 2 is 1.74 bits per heavy atom. The number of nitrogens with one attached hydrogen (secondary N) is 2. The van der Waals surface area contributed by atoms with Crippen molar-refractivity contribution in [1.82, 2.24) is 10.6 Å². The van der Waals surface area contributed by atoms with Crippen LogP contribution in [-0.2, 0) is 20.6 Å². The molecule has 1 saturated carbocycles. The molecule has 0 spiro atoms. The van der Waals surface area contributed by atoms with E-state index in [1.807, 2.05) is 13.8 Å². The highest BCUT2D eigenvalue weighted by molar-refractivity contribution is 7.38. The third-order valence-corrected chi connectivity index (χ3v) is 7.73. The van der Waals surface area contributed by atoms with Crippen LogP contribution in [0.1, 0.15) is 57.9 Å². The maximum atomic E-state index is 12.9. The van der Waals surface area contributed by atoms with E-state index in [1.54, 1.807) is 12.1 Å². The summed E-state index contributed by atoms with van der Waals surface area (Å²) in [6.45, 7) is 3.53. The van der Waals surface area contributed by atoms with Crippen molar-refractivity contribution in [1.29, 1.82) is 0 Å². The minimum absolute atomic E-state index is 0.0912. The first-order chi connectivity index (χ1) is 16.1. The normalized spacial score (nSPS) is 18.6. The van der Waals surface area contributed by atoms with Gasteiger partial charge in [-0.25, -0.2) is 0 Å². The van der Waals surface area contributed by atoms with Crippen LogP contribution >= 0.6 is 8.03 Å². The molecule has 0 bridgehead atoms. The molecule has 7 N–H and O–H groups in total. The Bertz CT molecular complexity index is 813. The summed E-state index contributed by atoms with van der Waals surface area (Å²) in [4.78, 5) is 35.2. The lowest BCUT2D eigenvalue weighted by Gasteiger charge is -2.25. The number of phenolic OH excluding ortho intramolecular Hbond substituents is 1. The first kappa shape index (κ1) is 28.2. The standard InChI is InChI=1S/C24H38N3O6P/c1-15(2)22(25)24(31)27-20(12-16-8-10-18(28)11-9-16)23(30)26-14-19(29)13-21(34(32)33)17-6-4-3-5-7-17/h8-11,15,17,19-22,29H,3-7,12-14,25H2,1-2H3,(H3-,26,27,28,30,31,32,33)/p+1/t19-,20+,21?,22+/m1/s1. The number of amides is 2. The van der Waals surface area contributed by atoms with Crippen molar-refractivity contribution < 1.29 is 29.3 Å². The van der Waals surface area contributed by atoms with Gasteiger partial charge in [0.2, 0.25) is 11.8 Å². The minimum Gasteiger partial charge on any atom is -0.508 e. The topological polar surface area (TPSA) is 162 Å². The molecule has 2 rings (SSSR count). The van der Waals surface area contributed by atoms with Gasteiger partial charge in [0.25, 0.3) is 0 Å². The number of rotatable bonds is 12. The molecule has 34 heavy (non-hydrogen) atoms.